The molecule has 25 heavy (non-hydrogen) atoms. The van der Waals surface area contributed by atoms with Crippen molar-refractivity contribution in [2.45, 2.75) is 12.5 Å². The number of fused-ring (bicyclic) bond motifs is 1. The number of hydroxylamine groups is 1. The molecule has 7 nitrogen and oxygen atoms in total. The summed E-state index contributed by atoms with van der Waals surface area (Å²) in [7, 11) is 0. The van der Waals surface area contributed by atoms with Crippen LogP contribution in [0.4, 0.5) is 5.69 Å². The molecule has 1 fully saturated rings. The van der Waals surface area contributed by atoms with Gasteiger partial charge in [0.15, 0.2) is 0 Å². The number of rotatable bonds is 6. The zero-order chi connectivity index (χ0) is 17.8. The number of hydrogen-bond donors (Lipinski definition) is 3. The number of carboxylic acids is 1. The first-order valence-electron chi connectivity index (χ1n) is 8.19. The van der Waals surface area contributed by atoms with E-state index in [4.69, 9.17) is 15.7 Å². The molecule has 3 rings (SSSR count). The second-order valence-electron chi connectivity index (χ2n) is 6.12. The van der Waals surface area contributed by atoms with Crippen molar-refractivity contribution >= 4 is 28.3 Å². The highest BCUT2D eigenvalue weighted by Crippen LogP contribution is 2.24. The third-order valence-electron chi connectivity index (χ3n) is 4.33. The molecule has 1 aliphatic rings. The van der Waals surface area contributed by atoms with Crippen LogP contribution in [0, 0.1) is 5.92 Å². The first kappa shape index (κ1) is 17.3. The Morgan fingerprint density at radius 2 is 2.00 bits per heavy atom. The molecule has 132 valence electrons. The van der Waals surface area contributed by atoms with E-state index in [1.54, 1.807) is 0 Å². The summed E-state index contributed by atoms with van der Waals surface area (Å²) in [4.78, 5) is 28.9. The van der Waals surface area contributed by atoms with Crippen LogP contribution in [0.5, 0.6) is 0 Å². The zero-order valence-corrected chi connectivity index (χ0v) is 13.7. The number of aliphatic carboxylic acids is 1. The molecular weight excluding hydrogens is 322 g/mol. The van der Waals surface area contributed by atoms with Crippen LogP contribution in [-0.4, -0.2) is 42.7 Å². The first-order chi connectivity index (χ1) is 12.1. The van der Waals surface area contributed by atoms with Gasteiger partial charge in [-0.05, 0) is 35.2 Å². The van der Waals surface area contributed by atoms with E-state index < -0.39 is 12.0 Å². The SMILES string of the molecule is NCC(=O)N(OCC1CN[C@H](C(=O)O)C1)c1ccc2ccccc2c1. The number of hydrogen-bond acceptors (Lipinski definition) is 5. The molecule has 0 radical (unpaired) electrons. The second kappa shape index (κ2) is 7.60. The van der Waals surface area contributed by atoms with Gasteiger partial charge in [0.25, 0.3) is 5.91 Å². The quantitative estimate of drug-likeness (QED) is 0.679. The Morgan fingerprint density at radius 1 is 1.24 bits per heavy atom. The second-order valence-corrected chi connectivity index (χ2v) is 6.12. The van der Waals surface area contributed by atoms with Crippen LogP contribution >= 0.6 is 0 Å². The third-order valence-corrected chi connectivity index (χ3v) is 4.33. The van der Waals surface area contributed by atoms with E-state index in [-0.39, 0.29) is 25.0 Å². The minimum atomic E-state index is -0.869. The fourth-order valence-electron chi connectivity index (χ4n) is 2.98. The lowest BCUT2D eigenvalue weighted by Gasteiger charge is -2.23. The summed E-state index contributed by atoms with van der Waals surface area (Å²) < 4.78 is 0. The Kier molecular flexibility index (Phi) is 5.28. The fraction of sp³-hybridized carbons (Fsp3) is 0.333. The van der Waals surface area contributed by atoms with Crippen molar-refractivity contribution in [3.63, 3.8) is 0 Å². The minimum Gasteiger partial charge on any atom is -0.480 e. The van der Waals surface area contributed by atoms with E-state index in [0.29, 0.717) is 18.7 Å². The van der Waals surface area contributed by atoms with E-state index in [2.05, 4.69) is 5.32 Å². The molecule has 4 N–H and O–H groups in total. The molecule has 1 amide bonds. The summed E-state index contributed by atoms with van der Waals surface area (Å²) >= 11 is 0. The van der Waals surface area contributed by atoms with Crippen molar-refractivity contribution in [2.75, 3.05) is 24.8 Å². The summed E-state index contributed by atoms with van der Waals surface area (Å²) in [5.74, 6) is -1.20. The number of nitrogens with two attached hydrogens (primary N) is 1. The van der Waals surface area contributed by atoms with Gasteiger partial charge >= 0.3 is 5.97 Å². The maximum Gasteiger partial charge on any atom is 0.320 e. The molecule has 0 aliphatic carbocycles. The Labute approximate surface area is 145 Å². The average molecular weight is 343 g/mol. The largest absolute Gasteiger partial charge is 0.480 e. The molecule has 1 unspecified atom stereocenters. The predicted molar refractivity (Wildman–Crippen MR) is 94.0 cm³/mol. The maximum atomic E-state index is 12.2. The lowest BCUT2D eigenvalue weighted by atomic mass is 10.1. The third kappa shape index (κ3) is 3.96. The van der Waals surface area contributed by atoms with Crippen LogP contribution in [0.1, 0.15) is 6.42 Å². The standard InChI is InChI=1S/C18H21N3O4/c19-9-17(22)21(25-11-12-7-16(18(23)24)20-10-12)15-6-5-13-3-1-2-4-14(13)8-15/h1-6,8,12,16,20H,7,9-11,19H2,(H,23,24)/t12?,16-/m0/s1. The molecule has 2 aromatic rings. The van der Waals surface area contributed by atoms with Gasteiger partial charge in [-0.3, -0.25) is 14.4 Å². The minimum absolute atomic E-state index is 0.0228. The normalized spacial score (nSPS) is 19.9. The van der Waals surface area contributed by atoms with Gasteiger partial charge in [0, 0.05) is 6.54 Å². The fourth-order valence-corrected chi connectivity index (χ4v) is 2.98. The van der Waals surface area contributed by atoms with Gasteiger partial charge in [-0.1, -0.05) is 30.3 Å². The van der Waals surface area contributed by atoms with Crippen molar-refractivity contribution in [3.8, 4) is 0 Å². The summed E-state index contributed by atoms with van der Waals surface area (Å²) in [6.07, 6.45) is 0.470. The highest BCUT2D eigenvalue weighted by molar-refractivity contribution is 5.95. The van der Waals surface area contributed by atoms with Gasteiger partial charge in [0.1, 0.15) is 6.04 Å². The van der Waals surface area contributed by atoms with Gasteiger partial charge in [0.2, 0.25) is 0 Å². The number of nitrogens with zero attached hydrogens (tertiary/aromatic N) is 1. The highest BCUT2D eigenvalue weighted by Gasteiger charge is 2.30. The summed E-state index contributed by atoms with van der Waals surface area (Å²) in [6.45, 7) is 0.613. The van der Waals surface area contributed by atoms with Crippen LogP contribution in [0.2, 0.25) is 0 Å². The molecule has 2 aromatic carbocycles. The van der Waals surface area contributed by atoms with E-state index in [0.717, 1.165) is 10.8 Å². The number of nitrogens with one attached hydrogen (secondary N) is 1. The van der Waals surface area contributed by atoms with Gasteiger partial charge in [-0.25, -0.2) is 0 Å². The molecule has 0 saturated carbocycles. The van der Waals surface area contributed by atoms with Crippen molar-refractivity contribution in [2.24, 2.45) is 11.7 Å². The van der Waals surface area contributed by atoms with Crippen LogP contribution in [0.15, 0.2) is 42.5 Å². The summed E-state index contributed by atoms with van der Waals surface area (Å²) in [5.41, 5.74) is 6.11. The van der Waals surface area contributed by atoms with Crippen LogP contribution in [-0.2, 0) is 14.4 Å². The topological polar surface area (TPSA) is 105 Å². The van der Waals surface area contributed by atoms with Gasteiger partial charge in [-0.15, -0.1) is 0 Å². The summed E-state index contributed by atoms with van der Waals surface area (Å²) in [6, 6.07) is 12.9. The van der Waals surface area contributed by atoms with Gasteiger partial charge in [0.05, 0.1) is 18.8 Å². The van der Waals surface area contributed by atoms with Crippen molar-refractivity contribution in [1.29, 1.82) is 0 Å². The van der Waals surface area contributed by atoms with Gasteiger partial charge in [-0.2, -0.15) is 5.06 Å². The monoisotopic (exact) mass is 343 g/mol. The van der Waals surface area contributed by atoms with E-state index >= 15 is 0 Å². The molecule has 0 aromatic heterocycles. The lowest BCUT2D eigenvalue weighted by Crippen LogP contribution is -2.37. The molecular formula is C18H21N3O4. The van der Waals surface area contributed by atoms with Crippen molar-refractivity contribution in [1.82, 2.24) is 5.32 Å². The number of carboxylic acid groups (broad SMARTS) is 1. The predicted octanol–water partition coefficient (Wildman–Crippen LogP) is 1.13. The number of carbonyl (C=O) groups is 2. The number of anilines is 1. The summed E-state index contributed by atoms with van der Waals surface area (Å²) in [5, 5.41) is 15.2. The van der Waals surface area contributed by atoms with Crippen molar-refractivity contribution in [3.05, 3.63) is 42.5 Å². The Bertz CT molecular complexity index is 780. The van der Waals surface area contributed by atoms with E-state index in [9.17, 15) is 9.59 Å². The smallest absolute Gasteiger partial charge is 0.320 e. The number of carbonyl (C=O) groups excluding carboxylic acids is 1. The molecule has 0 bridgehead atoms. The average Bonchev–Trinajstić information content (AvgIpc) is 3.11. The molecule has 7 heteroatoms. The van der Waals surface area contributed by atoms with Crippen LogP contribution in [0.3, 0.4) is 0 Å². The van der Waals surface area contributed by atoms with Crippen LogP contribution < -0.4 is 16.1 Å². The molecule has 2 atom stereocenters. The van der Waals surface area contributed by atoms with Crippen LogP contribution in [0.25, 0.3) is 10.8 Å². The maximum absolute atomic E-state index is 12.2. The number of amides is 1. The zero-order valence-electron chi connectivity index (χ0n) is 13.7. The molecule has 1 saturated heterocycles. The molecule has 1 aliphatic heterocycles. The molecule has 1 heterocycles. The first-order valence-corrected chi connectivity index (χ1v) is 8.19. The van der Waals surface area contributed by atoms with Crippen molar-refractivity contribution < 1.29 is 19.5 Å². The van der Waals surface area contributed by atoms with Gasteiger partial charge < -0.3 is 16.2 Å². The Morgan fingerprint density at radius 3 is 2.68 bits per heavy atom. The Balaban J connectivity index is 1.73. The highest BCUT2D eigenvalue weighted by atomic mass is 16.7. The lowest BCUT2D eigenvalue weighted by molar-refractivity contribution is -0.139. The Hall–Kier alpha value is -2.48. The number of benzene rings is 2. The molecule has 0 spiro atoms. The van der Waals surface area contributed by atoms with E-state index in [1.807, 2.05) is 42.5 Å². The van der Waals surface area contributed by atoms with E-state index in [1.165, 1.54) is 5.06 Å².